The Morgan fingerprint density at radius 2 is 1.69 bits per heavy atom. The van der Waals surface area contributed by atoms with Crippen molar-refractivity contribution in [3.05, 3.63) is 89.7 Å². The number of carbonyl (C=O) groups excluding carboxylic acids is 2. The van der Waals surface area contributed by atoms with E-state index in [1.54, 1.807) is 24.3 Å². The molecule has 4 rings (SSSR count). The molecule has 0 aliphatic rings. The number of nitrogens with one attached hydrogen (secondary N) is 1. The number of para-hydroxylation sites is 2. The fourth-order valence-corrected chi connectivity index (χ4v) is 4.08. The smallest absolute Gasteiger partial charge is 0.249 e. The zero-order valence-electron chi connectivity index (χ0n) is 20.9. The minimum atomic E-state index is -1.10. The van der Waals surface area contributed by atoms with Crippen molar-refractivity contribution < 1.29 is 14.0 Å². The van der Waals surface area contributed by atoms with E-state index < -0.39 is 29.2 Å². The molecule has 0 radical (unpaired) electrons. The molecule has 36 heavy (non-hydrogen) atoms. The number of hydrogen-bond donors (Lipinski definition) is 1. The molecule has 186 valence electrons. The van der Waals surface area contributed by atoms with E-state index in [1.165, 1.54) is 21.7 Å². The van der Waals surface area contributed by atoms with Crippen LogP contribution in [0, 0.1) is 12.7 Å². The predicted molar refractivity (Wildman–Crippen MR) is 138 cm³/mol. The van der Waals surface area contributed by atoms with E-state index in [-0.39, 0.29) is 12.2 Å². The van der Waals surface area contributed by atoms with Gasteiger partial charge in [0, 0.05) is 5.54 Å². The minimum Gasteiger partial charge on any atom is -0.349 e. The van der Waals surface area contributed by atoms with Gasteiger partial charge < -0.3 is 5.32 Å². The van der Waals surface area contributed by atoms with Crippen LogP contribution in [0.25, 0.3) is 11.0 Å². The summed E-state index contributed by atoms with van der Waals surface area (Å²) < 4.78 is 16.7. The Morgan fingerprint density at radius 3 is 2.42 bits per heavy atom. The Labute approximate surface area is 209 Å². The Morgan fingerprint density at radius 1 is 1.03 bits per heavy atom. The molecule has 0 aliphatic heterocycles. The summed E-state index contributed by atoms with van der Waals surface area (Å²) in [6.07, 6.45) is 0.678. The molecule has 1 heterocycles. The number of rotatable bonds is 8. The van der Waals surface area contributed by atoms with Crippen molar-refractivity contribution in [3.63, 3.8) is 0 Å². The van der Waals surface area contributed by atoms with Crippen LogP contribution in [0.15, 0.2) is 72.8 Å². The number of aryl methyl sites for hydroxylation is 1. The standard InChI is InChI=1S/C28H30FN5O2/c1-5-28(3,4)30-27(36)26(20-13-7-6-12-19(20)2)34(23-16-10-8-14-21(23)29)25(35)18-33-24-17-11-9-15-22(24)31-32-33/h6-17,26H,5,18H2,1-4H3,(H,30,36)/t26-/m0/s1. The maximum Gasteiger partial charge on any atom is 0.249 e. The van der Waals surface area contributed by atoms with E-state index in [0.717, 1.165) is 5.56 Å². The van der Waals surface area contributed by atoms with Gasteiger partial charge in [0.05, 0.1) is 11.2 Å². The van der Waals surface area contributed by atoms with Gasteiger partial charge in [-0.3, -0.25) is 14.5 Å². The molecule has 2 amide bonds. The highest BCUT2D eigenvalue weighted by molar-refractivity contribution is 6.02. The van der Waals surface area contributed by atoms with Gasteiger partial charge in [0.1, 0.15) is 23.9 Å². The molecule has 0 saturated carbocycles. The zero-order chi connectivity index (χ0) is 25.9. The predicted octanol–water partition coefficient (Wildman–Crippen LogP) is 4.96. The second kappa shape index (κ2) is 10.3. The van der Waals surface area contributed by atoms with Gasteiger partial charge in [-0.2, -0.15) is 0 Å². The molecule has 0 aliphatic carbocycles. The number of amides is 2. The molecule has 8 heteroatoms. The number of halogens is 1. The number of carbonyl (C=O) groups is 2. The molecular formula is C28H30FN5O2. The van der Waals surface area contributed by atoms with Crippen molar-refractivity contribution in [3.8, 4) is 0 Å². The number of aromatic nitrogens is 3. The SMILES string of the molecule is CCC(C)(C)NC(=O)[C@H](c1ccccc1C)N(C(=O)Cn1nnc2ccccc21)c1ccccc1F. The molecule has 4 aromatic rings. The molecular weight excluding hydrogens is 457 g/mol. The Hall–Kier alpha value is -4.07. The summed E-state index contributed by atoms with van der Waals surface area (Å²) in [6, 6.07) is 19.5. The number of fused-ring (bicyclic) bond motifs is 1. The van der Waals surface area contributed by atoms with E-state index in [9.17, 15) is 9.59 Å². The molecule has 3 aromatic carbocycles. The number of benzene rings is 3. The third-order valence-electron chi connectivity index (χ3n) is 6.42. The van der Waals surface area contributed by atoms with Crippen molar-refractivity contribution in [1.29, 1.82) is 0 Å². The van der Waals surface area contributed by atoms with Crippen molar-refractivity contribution in [2.75, 3.05) is 4.90 Å². The quantitative estimate of drug-likeness (QED) is 0.381. The van der Waals surface area contributed by atoms with Crippen LogP contribution in [0.3, 0.4) is 0 Å². The first-order valence-corrected chi connectivity index (χ1v) is 11.9. The number of nitrogens with zero attached hydrogens (tertiary/aromatic N) is 4. The Kier molecular flexibility index (Phi) is 7.15. The third kappa shape index (κ3) is 5.12. The summed E-state index contributed by atoms with van der Waals surface area (Å²) in [7, 11) is 0. The Balaban J connectivity index is 1.85. The molecule has 0 spiro atoms. The van der Waals surface area contributed by atoms with Crippen LogP contribution in [0.1, 0.15) is 44.4 Å². The fraction of sp³-hybridized carbons (Fsp3) is 0.286. The van der Waals surface area contributed by atoms with E-state index in [0.29, 0.717) is 23.0 Å². The van der Waals surface area contributed by atoms with Gasteiger partial charge in [-0.05, 0) is 62.6 Å². The first-order chi connectivity index (χ1) is 17.2. The van der Waals surface area contributed by atoms with Gasteiger partial charge in [-0.1, -0.05) is 60.7 Å². The van der Waals surface area contributed by atoms with Gasteiger partial charge in [0.2, 0.25) is 11.8 Å². The van der Waals surface area contributed by atoms with Crippen LogP contribution in [0.4, 0.5) is 10.1 Å². The highest BCUT2D eigenvalue weighted by atomic mass is 19.1. The summed E-state index contributed by atoms with van der Waals surface area (Å²) in [5.41, 5.74) is 2.23. The van der Waals surface area contributed by atoms with Crippen molar-refractivity contribution >= 4 is 28.5 Å². The lowest BCUT2D eigenvalue weighted by atomic mass is 9.95. The van der Waals surface area contributed by atoms with Crippen molar-refractivity contribution in [1.82, 2.24) is 20.3 Å². The molecule has 1 aromatic heterocycles. The maximum absolute atomic E-state index is 15.2. The second-order valence-corrected chi connectivity index (χ2v) is 9.44. The average molecular weight is 488 g/mol. The normalized spacial score (nSPS) is 12.4. The lowest BCUT2D eigenvalue weighted by Gasteiger charge is -2.35. The Bertz CT molecular complexity index is 1400. The lowest BCUT2D eigenvalue weighted by molar-refractivity contribution is -0.128. The largest absolute Gasteiger partial charge is 0.349 e. The molecule has 1 N–H and O–H groups in total. The average Bonchev–Trinajstić information content (AvgIpc) is 3.26. The van der Waals surface area contributed by atoms with Crippen LogP contribution in [0.2, 0.25) is 0 Å². The van der Waals surface area contributed by atoms with Crippen LogP contribution >= 0.6 is 0 Å². The molecule has 7 nitrogen and oxygen atoms in total. The first-order valence-electron chi connectivity index (χ1n) is 11.9. The van der Waals surface area contributed by atoms with Crippen molar-refractivity contribution in [2.24, 2.45) is 0 Å². The summed E-state index contributed by atoms with van der Waals surface area (Å²) in [4.78, 5) is 29.1. The maximum atomic E-state index is 15.2. The molecule has 0 unspecified atom stereocenters. The van der Waals surface area contributed by atoms with Gasteiger partial charge in [-0.25, -0.2) is 9.07 Å². The lowest BCUT2D eigenvalue weighted by Crippen LogP contribution is -2.51. The molecule has 0 saturated heterocycles. The molecule has 0 fully saturated rings. The molecule has 1 atom stereocenters. The highest BCUT2D eigenvalue weighted by Crippen LogP contribution is 2.32. The van der Waals surface area contributed by atoms with Crippen LogP contribution in [-0.4, -0.2) is 32.3 Å². The number of anilines is 1. The summed E-state index contributed by atoms with van der Waals surface area (Å²) in [6.45, 7) is 7.45. The topological polar surface area (TPSA) is 80.1 Å². The van der Waals surface area contributed by atoms with Crippen LogP contribution < -0.4 is 10.2 Å². The van der Waals surface area contributed by atoms with Crippen LogP contribution in [0.5, 0.6) is 0 Å². The van der Waals surface area contributed by atoms with Crippen molar-refractivity contribution in [2.45, 2.75) is 52.2 Å². The van der Waals surface area contributed by atoms with E-state index >= 15 is 4.39 Å². The zero-order valence-corrected chi connectivity index (χ0v) is 20.9. The van der Waals surface area contributed by atoms with E-state index in [4.69, 9.17) is 0 Å². The minimum absolute atomic E-state index is 0.0182. The van der Waals surface area contributed by atoms with Crippen LogP contribution in [-0.2, 0) is 16.1 Å². The van der Waals surface area contributed by atoms with Gasteiger partial charge >= 0.3 is 0 Å². The van der Waals surface area contributed by atoms with Gasteiger partial charge in [0.15, 0.2) is 0 Å². The number of hydrogen-bond acceptors (Lipinski definition) is 4. The fourth-order valence-electron chi connectivity index (χ4n) is 4.08. The summed E-state index contributed by atoms with van der Waals surface area (Å²) >= 11 is 0. The summed E-state index contributed by atoms with van der Waals surface area (Å²) in [5.74, 6) is -1.49. The second-order valence-electron chi connectivity index (χ2n) is 9.44. The van der Waals surface area contributed by atoms with Gasteiger partial charge in [0.25, 0.3) is 0 Å². The van der Waals surface area contributed by atoms with Gasteiger partial charge in [-0.15, -0.1) is 5.10 Å². The highest BCUT2D eigenvalue weighted by Gasteiger charge is 2.37. The monoisotopic (exact) mass is 487 g/mol. The van der Waals surface area contributed by atoms with E-state index in [1.807, 2.05) is 64.1 Å². The third-order valence-corrected chi connectivity index (χ3v) is 6.42. The summed E-state index contributed by atoms with van der Waals surface area (Å²) in [5, 5.41) is 11.3. The molecule has 0 bridgehead atoms. The first kappa shape index (κ1) is 25.0. The van der Waals surface area contributed by atoms with E-state index in [2.05, 4.69) is 15.6 Å².